The lowest BCUT2D eigenvalue weighted by Gasteiger charge is -2.23. The van der Waals surface area contributed by atoms with Crippen LogP contribution in [0, 0.1) is 5.92 Å². The number of carbonyl (C=O) groups excluding carboxylic acids is 3. The van der Waals surface area contributed by atoms with Crippen molar-refractivity contribution in [3.8, 4) is 0 Å². The molecule has 1 aliphatic heterocycles. The van der Waals surface area contributed by atoms with Crippen LogP contribution in [-0.2, 0) is 16.1 Å². The quantitative estimate of drug-likeness (QED) is 0.630. The van der Waals surface area contributed by atoms with Gasteiger partial charge in [0.15, 0.2) is 0 Å². The molecular formula is C23H24N4O4. The zero-order valence-electron chi connectivity index (χ0n) is 17.2. The summed E-state index contributed by atoms with van der Waals surface area (Å²) in [5.74, 6) is -0.269. The fourth-order valence-corrected chi connectivity index (χ4v) is 3.97. The van der Waals surface area contributed by atoms with Crippen molar-refractivity contribution in [1.29, 1.82) is 0 Å². The third-order valence-electron chi connectivity index (χ3n) is 5.46. The number of anilines is 1. The molecule has 3 amide bonds. The Kier molecular flexibility index (Phi) is 5.62. The summed E-state index contributed by atoms with van der Waals surface area (Å²) in [6.45, 7) is 2.58. The monoisotopic (exact) mass is 420 g/mol. The number of nitrogens with zero attached hydrogens (tertiary/aromatic N) is 2. The molecule has 0 bridgehead atoms. The van der Waals surface area contributed by atoms with Gasteiger partial charge in [-0.15, -0.1) is 0 Å². The summed E-state index contributed by atoms with van der Waals surface area (Å²) in [5, 5.41) is 3.52. The molecule has 0 unspecified atom stereocenters. The number of esters is 1. The highest BCUT2D eigenvalue weighted by Gasteiger charge is 2.39. The van der Waals surface area contributed by atoms with Gasteiger partial charge in [-0.25, -0.2) is 14.4 Å². The highest BCUT2D eigenvalue weighted by molar-refractivity contribution is 6.05. The van der Waals surface area contributed by atoms with E-state index in [4.69, 9.17) is 10.5 Å². The molecule has 2 aromatic carbocycles. The number of para-hydroxylation sites is 1. The number of urea groups is 1. The SMILES string of the molecule is C[C@H]1C[C@@H](C(=O)OCc2ccccc2)N(C(=O)Nc2cn(C(N)=O)c3ccccc23)C1. The largest absolute Gasteiger partial charge is 0.459 e. The van der Waals surface area contributed by atoms with Crippen LogP contribution in [0.25, 0.3) is 10.9 Å². The first-order chi connectivity index (χ1) is 14.9. The number of benzene rings is 2. The fourth-order valence-electron chi connectivity index (χ4n) is 3.97. The number of carbonyl (C=O) groups is 3. The predicted molar refractivity (Wildman–Crippen MR) is 116 cm³/mol. The molecule has 3 N–H and O–H groups in total. The summed E-state index contributed by atoms with van der Waals surface area (Å²) >= 11 is 0. The van der Waals surface area contributed by atoms with Crippen LogP contribution in [0.15, 0.2) is 60.8 Å². The summed E-state index contributed by atoms with van der Waals surface area (Å²) in [5.41, 5.74) is 7.38. The van der Waals surface area contributed by atoms with Crippen molar-refractivity contribution in [1.82, 2.24) is 9.47 Å². The van der Waals surface area contributed by atoms with E-state index >= 15 is 0 Å². The number of aromatic nitrogens is 1. The molecule has 0 saturated carbocycles. The number of fused-ring (bicyclic) bond motifs is 1. The molecule has 1 aliphatic rings. The zero-order chi connectivity index (χ0) is 22.0. The maximum atomic E-state index is 13.1. The van der Waals surface area contributed by atoms with Crippen LogP contribution < -0.4 is 11.1 Å². The Morgan fingerprint density at radius 2 is 1.81 bits per heavy atom. The Bertz CT molecular complexity index is 1130. The maximum Gasteiger partial charge on any atom is 0.329 e. The Morgan fingerprint density at radius 3 is 2.55 bits per heavy atom. The average Bonchev–Trinajstić information content (AvgIpc) is 3.34. The van der Waals surface area contributed by atoms with Gasteiger partial charge >= 0.3 is 18.0 Å². The first-order valence-electron chi connectivity index (χ1n) is 10.1. The van der Waals surface area contributed by atoms with Crippen molar-refractivity contribution in [3.05, 3.63) is 66.4 Å². The van der Waals surface area contributed by atoms with Crippen LogP contribution >= 0.6 is 0 Å². The molecule has 2 atom stereocenters. The van der Waals surface area contributed by atoms with E-state index in [0.717, 1.165) is 5.56 Å². The van der Waals surface area contributed by atoms with Crippen LogP contribution in [-0.4, -0.2) is 40.1 Å². The molecule has 8 heteroatoms. The predicted octanol–water partition coefficient (Wildman–Crippen LogP) is 3.55. The number of rotatable bonds is 4. The number of ether oxygens (including phenoxy) is 1. The molecule has 1 saturated heterocycles. The average molecular weight is 420 g/mol. The molecule has 0 aliphatic carbocycles. The lowest BCUT2D eigenvalue weighted by Crippen LogP contribution is -2.43. The summed E-state index contributed by atoms with van der Waals surface area (Å²) in [6.07, 6.45) is 2.03. The maximum absolute atomic E-state index is 13.1. The lowest BCUT2D eigenvalue weighted by molar-refractivity contribution is -0.149. The van der Waals surface area contributed by atoms with E-state index < -0.39 is 24.1 Å². The number of primary amides is 1. The highest BCUT2D eigenvalue weighted by atomic mass is 16.5. The second kappa shape index (κ2) is 8.51. The van der Waals surface area contributed by atoms with Crippen LogP contribution in [0.5, 0.6) is 0 Å². The minimum Gasteiger partial charge on any atom is -0.459 e. The van der Waals surface area contributed by atoms with Gasteiger partial charge in [0.25, 0.3) is 0 Å². The van der Waals surface area contributed by atoms with Crippen molar-refractivity contribution in [2.24, 2.45) is 11.7 Å². The Balaban J connectivity index is 1.50. The third kappa shape index (κ3) is 4.23. The van der Waals surface area contributed by atoms with Crippen molar-refractivity contribution in [2.75, 3.05) is 11.9 Å². The highest BCUT2D eigenvalue weighted by Crippen LogP contribution is 2.29. The first kappa shape index (κ1) is 20.5. The summed E-state index contributed by atoms with van der Waals surface area (Å²) in [6, 6.07) is 14.8. The molecule has 1 aromatic heterocycles. The molecule has 0 radical (unpaired) electrons. The van der Waals surface area contributed by atoms with Gasteiger partial charge in [-0.2, -0.15) is 0 Å². The van der Waals surface area contributed by atoms with Crippen LogP contribution in [0.1, 0.15) is 18.9 Å². The molecule has 3 aromatic rings. The van der Waals surface area contributed by atoms with E-state index in [1.165, 1.54) is 15.7 Å². The molecule has 8 nitrogen and oxygen atoms in total. The number of nitrogens with two attached hydrogens (primary N) is 1. The second-order valence-corrected chi connectivity index (χ2v) is 7.80. The standard InChI is InChI=1S/C23H24N4O4/c1-15-11-20(21(28)31-14-16-7-3-2-4-8-16)27(12-15)23(30)25-18-13-26(22(24)29)19-10-6-5-9-17(18)19/h2-10,13,15,20H,11-12,14H2,1H3,(H2,24,29)(H,25,30)/t15-,20-/m0/s1. The van der Waals surface area contributed by atoms with E-state index in [2.05, 4.69) is 5.32 Å². The van der Waals surface area contributed by atoms with Crippen LogP contribution in [0.2, 0.25) is 0 Å². The smallest absolute Gasteiger partial charge is 0.329 e. The minimum atomic E-state index is -0.664. The van der Waals surface area contributed by atoms with Crippen LogP contribution in [0.3, 0.4) is 0 Å². The molecule has 0 spiro atoms. The lowest BCUT2D eigenvalue weighted by atomic mass is 10.1. The summed E-state index contributed by atoms with van der Waals surface area (Å²) in [4.78, 5) is 39.0. The topological polar surface area (TPSA) is 107 Å². The van der Waals surface area contributed by atoms with E-state index in [0.29, 0.717) is 29.6 Å². The van der Waals surface area contributed by atoms with Gasteiger partial charge < -0.3 is 20.7 Å². The molecular weight excluding hydrogens is 396 g/mol. The number of amides is 3. The fraction of sp³-hybridized carbons (Fsp3) is 0.261. The number of nitrogens with one attached hydrogen (secondary N) is 1. The van der Waals surface area contributed by atoms with E-state index in [-0.39, 0.29) is 12.5 Å². The first-order valence-corrected chi connectivity index (χ1v) is 10.1. The minimum absolute atomic E-state index is 0.159. The zero-order valence-corrected chi connectivity index (χ0v) is 17.2. The molecule has 2 heterocycles. The van der Waals surface area contributed by atoms with Gasteiger partial charge in [-0.05, 0) is 24.0 Å². The van der Waals surface area contributed by atoms with Crippen molar-refractivity contribution >= 4 is 34.6 Å². The number of hydrogen-bond acceptors (Lipinski definition) is 4. The molecule has 4 rings (SSSR count). The van der Waals surface area contributed by atoms with Gasteiger partial charge in [-0.3, -0.25) is 4.57 Å². The van der Waals surface area contributed by atoms with Gasteiger partial charge in [0.2, 0.25) is 0 Å². The second-order valence-electron chi connectivity index (χ2n) is 7.80. The number of hydrogen-bond donors (Lipinski definition) is 2. The van der Waals surface area contributed by atoms with Gasteiger partial charge in [0.05, 0.1) is 11.2 Å². The number of likely N-dealkylation sites (tertiary alicyclic amines) is 1. The normalized spacial score (nSPS) is 18.2. The molecule has 31 heavy (non-hydrogen) atoms. The van der Waals surface area contributed by atoms with E-state index in [1.54, 1.807) is 18.2 Å². The van der Waals surface area contributed by atoms with Crippen molar-refractivity contribution in [3.63, 3.8) is 0 Å². The van der Waals surface area contributed by atoms with Gasteiger partial charge in [0, 0.05) is 18.1 Å². The van der Waals surface area contributed by atoms with E-state index in [1.807, 2.05) is 43.3 Å². The Hall–Kier alpha value is -3.81. The van der Waals surface area contributed by atoms with Gasteiger partial charge in [-0.1, -0.05) is 55.5 Å². The van der Waals surface area contributed by atoms with E-state index in [9.17, 15) is 14.4 Å². The summed E-state index contributed by atoms with van der Waals surface area (Å²) in [7, 11) is 0. The summed E-state index contributed by atoms with van der Waals surface area (Å²) < 4.78 is 6.75. The Labute approximate surface area is 179 Å². The van der Waals surface area contributed by atoms with Gasteiger partial charge in [0.1, 0.15) is 12.6 Å². The van der Waals surface area contributed by atoms with Crippen molar-refractivity contribution in [2.45, 2.75) is 26.0 Å². The Morgan fingerprint density at radius 1 is 1.10 bits per heavy atom. The third-order valence-corrected chi connectivity index (χ3v) is 5.46. The molecule has 1 fully saturated rings. The molecule has 160 valence electrons. The van der Waals surface area contributed by atoms with Crippen LogP contribution in [0.4, 0.5) is 15.3 Å². The van der Waals surface area contributed by atoms with Crippen molar-refractivity contribution < 1.29 is 19.1 Å².